The molecule has 1 aromatic carbocycles. The second-order valence-electron chi connectivity index (χ2n) is 6.42. The monoisotopic (exact) mass is 458 g/mol. The zero-order valence-electron chi connectivity index (χ0n) is 16.2. The van der Waals surface area contributed by atoms with Gasteiger partial charge in [-0.05, 0) is 36.1 Å². The van der Waals surface area contributed by atoms with E-state index in [9.17, 15) is 4.79 Å². The van der Waals surface area contributed by atoms with Crippen LogP contribution in [0.25, 0.3) is 16.3 Å². The van der Waals surface area contributed by atoms with Crippen LogP contribution in [-0.2, 0) is 11.3 Å². The van der Waals surface area contributed by atoms with E-state index in [-0.39, 0.29) is 5.91 Å². The van der Waals surface area contributed by atoms with E-state index in [1.165, 1.54) is 11.3 Å². The van der Waals surface area contributed by atoms with Crippen LogP contribution >= 0.6 is 34.3 Å². The van der Waals surface area contributed by atoms with Crippen LogP contribution in [0.15, 0.2) is 54.4 Å². The fourth-order valence-corrected chi connectivity index (χ4v) is 4.89. The minimum Gasteiger partial charge on any atom is -0.494 e. The average molecular weight is 459 g/mol. The maximum Gasteiger partial charge on any atom is 0.252 e. The first-order valence-electron chi connectivity index (χ1n) is 9.27. The normalized spacial score (nSPS) is 11.4. The van der Waals surface area contributed by atoms with Gasteiger partial charge in [0.25, 0.3) is 5.91 Å². The number of aromatic nitrogens is 3. The molecular weight excluding hydrogens is 440 g/mol. The molecule has 0 saturated carbocycles. The van der Waals surface area contributed by atoms with Crippen molar-refractivity contribution in [3.63, 3.8) is 0 Å². The standard InChI is InChI=1S/C21H19ClN4O2S2/c1-28-17-7-6-16(22)20-19(17)24-21(30-20)26(11-3-10-25-12-9-23-14-25)18(27)8-5-15-4-2-13-29-15/h2,4-9,12-14H,3,10-11H2,1H3/b8-5+. The van der Waals surface area contributed by atoms with Crippen molar-refractivity contribution in [2.24, 2.45) is 0 Å². The molecule has 6 nitrogen and oxygen atoms in total. The molecule has 154 valence electrons. The number of carbonyl (C=O) groups excluding carboxylic acids is 1. The third-order valence-corrected chi connectivity index (χ3v) is 6.83. The molecule has 0 bridgehead atoms. The quantitative estimate of drug-likeness (QED) is 0.334. The van der Waals surface area contributed by atoms with Gasteiger partial charge in [-0.3, -0.25) is 9.69 Å². The lowest BCUT2D eigenvalue weighted by Crippen LogP contribution is -2.30. The van der Waals surface area contributed by atoms with Crippen molar-refractivity contribution in [1.29, 1.82) is 0 Å². The number of amides is 1. The maximum atomic E-state index is 13.1. The summed E-state index contributed by atoms with van der Waals surface area (Å²) in [5.41, 5.74) is 0.666. The molecule has 0 N–H and O–H groups in total. The summed E-state index contributed by atoms with van der Waals surface area (Å²) >= 11 is 9.35. The van der Waals surface area contributed by atoms with Gasteiger partial charge < -0.3 is 9.30 Å². The van der Waals surface area contributed by atoms with Crippen LogP contribution < -0.4 is 9.64 Å². The SMILES string of the molecule is COc1ccc(Cl)c2sc(N(CCCn3ccnc3)C(=O)/C=C/c3cccs3)nc12. The lowest BCUT2D eigenvalue weighted by molar-refractivity contribution is -0.114. The molecule has 0 atom stereocenters. The number of nitrogens with zero attached hydrogens (tertiary/aromatic N) is 4. The summed E-state index contributed by atoms with van der Waals surface area (Å²) in [4.78, 5) is 24.5. The Kier molecular flexibility index (Phi) is 6.47. The highest BCUT2D eigenvalue weighted by Crippen LogP contribution is 2.38. The second-order valence-corrected chi connectivity index (χ2v) is 8.78. The maximum absolute atomic E-state index is 13.1. The Bertz CT molecular complexity index is 1150. The average Bonchev–Trinajstić information content (AvgIpc) is 3.52. The molecule has 0 unspecified atom stereocenters. The first-order valence-corrected chi connectivity index (χ1v) is 11.3. The van der Waals surface area contributed by atoms with E-state index in [4.69, 9.17) is 21.3 Å². The Morgan fingerprint density at radius 3 is 3.00 bits per heavy atom. The molecule has 4 rings (SSSR count). The highest BCUT2D eigenvalue weighted by molar-refractivity contribution is 7.23. The number of anilines is 1. The van der Waals surface area contributed by atoms with Crippen molar-refractivity contribution in [3.05, 3.63) is 64.3 Å². The van der Waals surface area contributed by atoms with Crippen molar-refractivity contribution in [2.75, 3.05) is 18.6 Å². The smallest absolute Gasteiger partial charge is 0.252 e. The van der Waals surface area contributed by atoms with Gasteiger partial charge >= 0.3 is 0 Å². The number of halogens is 1. The van der Waals surface area contributed by atoms with Gasteiger partial charge in [0, 0.05) is 36.4 Å². The molecule has 4 aromatic rings. The Morgan fingerprint density at radius 2 is 2.27 bits per heavy atom. The van der Waals surface area contributed by atoms with Gasteiger partial charge in [-0.2, -0.15) is 0 Å². The van der Waals surface area contributed by atoms with E-state index in [0.717, 1.165) is 22.5 Å². The van der Waals surface area contributed by atoms with Gasteiger partial charge in [-0.1, -0.05) is 29.0 Å². The molecule has 0 aliphatic heterocycles. The predicted octanol–water partition coefficient (Wildman–Crippen LogP) is 5.35. The lowest BCUT2D eigenvalue weighted by Gasteiger charge is -2.18. The van der Waals surface area contributed by atoms with Crippen LogP contribution in [0.5, 0.6) is 5.75 Å². The molecule has 0 radical (unpaired) electrons. The van der Waals surface area contributed by atoms with Crippen molar-refractivity contribution in [1.82, 2.24) is 14.5 Å². The third-order valence-electron chi connectivity index (χ3n) is 4.45. The number of hydrogen-bond donors (Lipinski definition) is 0. The fourth-order valence-electron chi connectivity index (χ4n) is 2.98. The molecule has 30 heavy (non-hydrogen) atoms. The number of ether oxygens (including phenoxy) is 1. The summed E-state index contributed by atoms with van der Waals surface area (Å²) in [5, 5.41) is 3.17. The number of fused-ring (bicyclic) bond motifs is 1. The van der Waals surface area contributed by atoms with Crippen LogP contribution in [0, 0.1) is 0 Å². The van der Waals surface area contributed by atoms with E-state index in [2.05, 4.69) is 4.98 Å². The summed E-state index contributed by atoms with van der Waals surface area (Å²) in [5.74, 6) is 0.514. The van der Waals surface area contributed by atoms with E-state index < -0.39 is 0 Å². The molecule has 3 aromatic heterocycles. The molecule has 9 heteroatoms. The summed E-state index contributed by atoms with van der Waals surface area (Å²) in [6.07, 6.45) is 9.60. The van der Waals surface area contributed by atoms with Crippen LogP contribution in [0.1, 0.15) is 11.3 Å². The molecule has 1 amide bonds. The minimum absolute atomic E-state index is 0.122. The Labute approximate surface area is 187 Å². The number of imidazole rings is 1. The first kappa shape index (κ1) is 20.6. The first-order chi connectivity index (χ1) is 14.7. The minimum atomic E-state index is -0.122. The van der Waals surface area contributed by atoms with Crippen LogP contribution in [0.3, 0.4) is 0 Å². The topological polar surface area (TPSA) is 60.2 Å². The highest BCUT2D eigenvalue weighted by atomic mass is 35.5. The zero-order valence-corrected chi connectivity index (χ0v) is 18.6. The number of hydrogen-bond acceptors (Lipinski definition) is 6. The molecule has 0 saturated heterocycles. The van der Waals surface area contributed by atoms with Crippen LogP contribution in [0.4, 0.5) is 5.13 Å². The molecule has 0 fully saturated rings. The molecule has 0 aliphatic carbocycles. The zero-order chi connectivity index (χ0) is 20.9. The van der Waals surface area contributed by atoms with Gasteiger partial charge in [-0.15, -0.1) is 11.3 Å². The van der Waals surface area contributed by atoms with Gasteiger partial charge in [-0.25, -0.2) is 9.97 Å². The van der Waals surface area contributed by atoms with Crippen molar-refractivity contribution in [3.8, 4) is 5.75 Å². The van der Waals surface area contributed by atoms with Gasteiger partial charge in [0.1, 0.15) is 11.3 Å². The Balaban J connectivity index is 1.62. The molecular formula is C21H19ClN4O2S2. The Morgan fingerprint density at radius 1 is 1.37 bits per heavy atom. The number of thiazole rings is 1. The van der Waals surface area contributed by atoms with E-state index >= 15 is 0 Å². The number of aryl methyl sites for hydroxylation is 1. The number of thiophene rings is 1. The highest BCUT2D eigenvalue weighted by Gasteiger charge is 2.20. The predicted molar refractivity (Wildman–Crippen MR) is 124 cm³/mol. The number of carbonyl (C=O) groups is 1. The van der Waals surface area contributed by atoms with E-state index in [1.807, 2.05) is 34.4 Å². The summed E-state index contributed by atoms with van der Waals surface area (Å²) < 4.78 is 8.22. The van der Waals surface area contributed by atoms with Gasteiger partial charge in [0.15, 0.2) is 5.13 Å². The van der Waals surface area contributed by atoms with Gasteiger partial charge in [0.05, 0.1) is 23.2 Å². The second kappa shape index (κ2) is 9.42. The molecule has 0 spiro atoms. The number of methoxy groups -OCH3 is 1. The molecule has 3 heterocycles. The fraction of sp³-hybridized carbons (Fsp3) is 0.190. The third kappa shape index (κ3) is 4.56. The van der Waals surface area contributed by atoms with E-state index in [0.29, 0.717) is 28.0 Å². The number of benzene rings is 1. The summed E-state index contributed by atoms with van der Waals surface area (Å²) in [6.45, 7) is 1.28. The van der Waals surface area contributed by atoms with Crippen LogP contribution in [-0.4, -0.2) is 34.1 Å². The van der Waals surface area contributed by atoms with Gasteiger partial charge in [0.2, 0.25) is 0 Å². The van der Waals surface area contributed by atoms with Crippen LogP contribution in [0.2, 0.25) is 5.02 Å². The summed E-state index contributed by atoms with van der Waals surface area (Å²) in [6, 6.07) is 7.50. The van der Waals surface area contributed by atoms with Crippen molar-refractivity contribution < 1.29 is 9.53 Å². The molecule has 0 aliphatic rings. The summed E-state index contributed by atoms with van der Waals surface area (Å²) in [7, 11) is 1.60. The number of rotatable bonds is 8. The van der Waals surface area contributed by atoms with Crippen molar-refractivity contribution in [2.45, 2.75) is 13.0 Å². The Hall–Kier alpha value is -2.68. The largest absolute Gasteiger partial charge is 0.494 e. The lowest BCUT2D eigenvalue weighted by atomic mass is 10.3. The van der Waals surface area contributed by atoms with Crippen molar-refractivity contribution >= 4 is 61.6 Å². The van der Waals surface area contributed by atoms with E-state index in [1.54, 1.807) is 54.1 Å².